The second-order valence-corrected chi connectivity index (χ2v) is 4.28. The summed E-state index contributed by atoms with van der Waals surface area (Å²) in [7, 11) is 0. The van der Waals surface area contributed by atoms with Crippen LogP contribution in [0.5, 0.6) is 11.5 Å². The van der Waals surface area contributed by atoms with Gasteiger partial charge in [-0.1, -0.05) is 23.2 Å². The molecule has 1 aliphatic heterocycles. The van der Waals surface area contributed by atoms with E-state index in [2.05, 4.69) is 4.98 Å². The van der Waals surface area contributed by atoms with Crippen molar-refractivity contribution >= 4 is 39.8 Å². The number of nitrogens with zero attached hydrogens (tertiary/aromatic N) is 2. The van der Waals surface area contributed by atoms with Crippen LogP contribution in [0.2, 0.25) is 10.2 Å². The fraction of sp³-hybridized carbons (Fsp3) is 0.100. The standard InChI is InChI=1S/C10H4Cl2N2O4/c11-8-4-1-6-7(18-3-17-6)2-5(4)13-10(12)9(8)14(15)16/h1-2H,3H2. The molecule has 2 heterocycles. The van der Waals surface area contributed by atoms with Gasteiger partial charge in [0.2, 0.25) is 11.9 Å². The largest absolute Gasteiger partial charge is 0.454 e. The Bertz CT molecular complexity index is 689. The molecule has 6 nitrogen and oxygen atoms in total. The fourth-order valence-electron chi connectivity index (χ4n) is 1.73. The second-order valence-electron chi connectivity index (χ2n) is 3.54. The Hall–Kier alpha value is -1.79. The molecule has 92 valence electrons. The van der Waals surface area contributed by atoms with Gasteiger partial charge in [-0.05, 0) is 6.07 Å². The Morgan fingerprint density at radius 1 is 1.28 bits per heavy atom. The van der Waals surface area contributed by atoms with Crippen molar-refractivity contribution in [2.75, 3.05) is 6.79 Å². The first-order chi connectivity index (χ1) is 8.58. The van der Waals surface area contributed by atoms with Crippen molar-refractivity contribution in [3.63, 3.8) is 0 Å². The SMILES string of the molecule is O=[N+]([O-])c1c(Cl)nc2cc3c(cc2c1Cl)OCO3. The third kappa shape index (κ3) is 1.53. The molecule has 0 radical (unpaired) electrons. The first-order valence-corrected chi connectivity index (χ1v) is 5.56. The molecule has 0 saturated carbocycles. The lowest BCUT2D eigenvalue weighted by molar-refractivity contribution is -0.384. The summed E-state index contributed by atoms with van der Waals surface area (Å²) < 4.78 is 10.4. The maximum atomic E-state index is 10.9. The molecule has 3 rings (SSSR count). The third-order valence-electron chi connectivity index (χ3n) is 2.53. The Kier molecular flexibility index (Phi) is 2.42. The van der Waals surface area contributed by atoms with Crippen LogP contribution in [0.1, 0.15) is 0 Å². The molecular weight excluding hydrogens is 283 g/mol. The van der Waals surface area contributed by atoms with Crippen LogP contribution in [-0.2, 0) is 0 Å². The first-order valence-electron chi connectivity index (χ1n) is 4.80. The predicted molar refractivity (Wildman–Crippen MR) is 64.5 cm³/mol. The second kappa shape index (κ2) is 3.86. The molecular formula is C10H4Cl2N2O4. The zero-order valence-electron chi connectivity index (χ0n) is 8.65. The molecule has 0 atom stereocenters. The number of halogens is 2. The molecule has 0 aliphatic carbocycles. The highest BCUT2D eigenvalue weighted by Crippen LogP contribution is 2.42. The molecule has 1 aromatic heterocycles. The van der Waals surface area contributed by atoms with Gasteiger partial charge < -0.3 is 9.47 Å². The van der Waals surface area contributed by atoms with E-state index in [1.54, 1.807) is 12.1 Å². The summed E-state index contributed by atoms with van der Waals surface area (Å²) in [6, 6.07) is 3.13. The van der Waals surface area contributed by atoms with E-state index in [0.717, 1.165) is 0 Å². The number of aromatic nitrogens is 1. The first kappa shape index (κ1) is 11.3. The molecule has 0 amide bonds. The van der Waals surface area contributed by atoms with E-state index in [-0.39, 0.29) is 17.0 Å². The van der Waals surface area contributed by atoms with E-state index in [9.17, 15) is 10.1 Å². The summed E-state index contributed by atoms with van der Waals surface area (Å²) in [4.78, 5) is 14.1. The molecule has 0 fully saturated rings. The van der Waals surface area contributed by atoms with Gasteiger partial charge in [0.15, 0.2) is 11.5 Å². The molecule has 0 N–H and O–H groups in total. The van der Waals surface area contributed by atoms with Gasteiger partial charge in [0.25, 0.3) is 0 Å². The van der Waals surface area contributed by atoms with Gasteiger partial charge in [-0.3, -0.25) is 10.1 Å². The van der Waals surface area contributed by atoms with E-state index in [0.29, 0.717) is 22.4 Å². The third-order valence-corrected chi connectivity index (χ3v) is 3.18. The van der Waals surface area contributed by atoms with Gasteiger partial charge >= 0.3 is 5.69 Å². The zero-order chi connectivity index (χ0) is 12.9. The lowest BCUT2D eigenvalue weighted by Crippen LogP contribution is -1.94. The van der Waals surface area contributed by atoms with Gasteiger partial charge in [0.1, 0.15) is 5.02 Å². The van der Waals surface area contributed by atoms with Gasteiger partial charge in [-0.2, -0.15) is 0 Å². The van der Waals surface area contributed by atoms with Crippen molar-refractivity contribution in [2.45, 2.75) is 0 Å². The monoisotopic (exact) mass is 286 g/mol. The van der Waals surface area contributed by atoms with Crippen LogP contribution < -0.4 is 9.47 Å². The molecule has 0 unspecified atom stereocenters. The van der Waals surface area contributed by atoms with Crippen LogP contribution in [0.3, 0.4) is 0 Å². The molecule has 2 aromatic rings. The van der Waals surface area contributed by atoms with E-state index in [1.807, 2.05) is 0 Å². The van der Waals surface area contributed by atoms with E-state index in [4.69, 9.17) is 32.7 Å². The van der Waals surface area contributed by atoms with Crippen molar-refractivity contribution in [1.29, 1.82) is 0 Å². The lowest BCUT2D eigenvalue weighted by atomic mass is 10.2. The van der Waals surface area contributed by atoms with Crippen LogP contribution in [-0.4, -0.2) is 16.7 Å². The summed E-state index contributed by atoms with van der Waals surface area (Å²) in [6.07, 6.45) is 0. The summed E-state index contributed by atoms with van der Waals surface area (Å²) >= 11 is 11.7. The van der Waals surface area contributed by atoms with Crippen molar-refractivity contribution in [3.8, 4) is 11.5 Å². The molecule has 0 saturated heterocycles. The number of ether oxygens (including phenoxy) is 2. The summed E-state index contributed by atoms with van der Waals surface area (Å²) in [5.74, 6) is 0.985. The average molecular weight is 287 g/mol. The Morgan fingerprint density at radius 3 is 2.61 bits per heavy atom. The number of benzene rings is 1. The normalized spacial score (nSPS) is 13.0. The highest BCUT2D eigenvalue weighted by atomic mass is 35.5. The zero-order valence-corrected chi connectivity index (χ0v) is 10.2. The van der Waals surface area contributed by atoms with Crippen molar-refractivity contribution in [3.05, 3.63) is 32.4 Å². The maximum Gasteiger partial charge on any atom is 0.325 e. The quantitative estimate of drug-likeness (QED) is 0.457. The minimum absolute atomic E-state index is 0.0618. The maximum absolute atomic E-state index is 10.9. The smallest absolute Gasteiger partial charge is 0.325 e. The van der Waals surface area contributed by atoms with E-state index < -0.39 is 10.6 Å². The number of hydrogen-bond donors (Lipinski definition) is 0. The Balaban J connectivity index is 2.38. The van der Waals surface area contributed by atoms with Crippen molar-refractivity contribution < 1.29 is 14.4 Å². The topological polar surface area (TPSA) is 74.5 Å². The summed E-state index contributed by atoms with van der Waals surface area (Å²) in [5, 5.41) is 10.9. The van der Waals surface area contributed by atoms with Crippen LogP contribution in [0, 0.1) is 10.1 Å². The number of nitro groups is 1. The molecule has 1 aromatic carbocycles. The summed E-state index contributed by atoms with van der Waals surface area (Å²) in [6.45, 7) is 0.0963. The van der Waals surface area contributed by atoms with E-state index in [1.165, 1.54) is 0 Å². The highest BCUT2D eigenvalue weighted by Gasteiger charge is 2.25. The highest BCUT2D eigenvalue weighted by molar-refractivity contribution is 6.41. The lowest BCUT2D eigenvalue weighted by Gasteiger charge is -2.04. The van der Waals surface area contributed by atoms with Gasteiger partial charge in [0.05, 0.1) is 10.4 Å². The Labute approximate surface area is 110 Å². The van der Waals surface area contributed by atoms with Gasteiger partial charge in [0, 0.05) is 11.5 Å². The molecule has 0 spiro atoms. The number of rotatable bonds is 1. The molecule has 0 bridgehead atoms. The van der Waals surface area contributed by atoms with Crippen molar-refractivity contribution in [1.82, 2.24) is 4.98 Å². The molecule has 8 heteroatoms. The van der Waals surface area contributed by atoms with Crippen LogP contribution in [0.4, 0.5) is 5.69 Å². The van der Waals surface area contributed by atoms with Crippen LogP contribution >= 0.6 is 23.2 Å². The minimum Gasteiger partial charge on any atom is -0.454 e. The number of pyridine rings is 1. The van der Waals surface area contributed by atoms with Crippen LogP contribution in [0.25, 0.3) is 10.9 Å². The molecule has 1 aliphatic rings. The molecule has 18 heavy (non-hydrogen) atoms. The van der Waals surface area contributed by atoms with Crippen molar-refractivity contribution in [2.24, 2.45) is 0 Å². The number of fused-ring (bicyclic) bond motifs is 2. The van der Waals surface area contributed by atoms with E-state index >= 15 is 0 Å². The van der Waals surface area contributed by atoms with Crippen LogP contribution in [0.15, 0.2) is 12.1 Å². The summed E-state index contributed by atoms with van der Waals surface area (Å²) in [5.41, 5.74) is 0.00421. The Morgan fingerprint density at radius 2 is 1.94 bits per heavy atom. The average Bonchev–Trinajstić information content (AvgIpc) is 2.73. The minimum atomic E-state index is -0.665. The predicted octanol–water partition coefficient (Wildman–Crippen LogP) is 3.18. The fourth-order valence-corrected chi connectivity index (χ4v) is 2.34. The number of hydrogen-bond acceptors (Lipinski definition) is 5. The van der Waals surface area contributed by atoms with Gasteiger partial charge in [-0.15, -0.1) is 0 Å². The van der Waals surface area contributed by atoms with Gasteiger partial charge in [-0.25, -0.2) is 4.98 Å².